The van der Waals surface area contributed by atoms with Crippen molar-refractivity contribution in [3.63, 3.8) is 0 Å². The number of piperidine rings is 1. The summed E-state index contributed by atoms with van der Waals surface area (Å²) >= 11 is 0. The molecule has 2 fully saturated rings. The molecule has 1 aliphatic heterocycles. The topological polar surface area (TPSA) is 3.24 Å². The molecule has 1 atom stereocenters. The Labute approximate surface area is 69.8 Å². The van der Waals surface area contributed by atoms with Gasteiger partial charge in [0.15, 0.2) is 0 Å². The molecule has 1 nitrogen and oxygen atoms in total. The maximum absolute atomic E-state index is 2.51. The van der Waals surface area contributed by atoms with Gasteiger partial charge in [-0.25, -0.2) is 0 Å². The molecule has 64 valence electrons. The van der Waals surface area contributed by atoms with E-state index >= 15 is 0 Å². The molecular formula is C10H19N. The summed E-state index contributed by atoms with van der Waals surface area (Å²) in [6.45, 7) is 5.14. The molecule has 0 aromatic heterocycles. The van der Waals surface area contributed by atoms with E-state index < -0.39 is 0 Å². The first-order valence-electron chi connectivity index (χ1n) is 4.91. The molecule has 0 amide bonds. The highest BCUT2D eigenvalue weighted by Crippen LogP contribution is 2.50. The van der Waals surface area contributed by atoms with E-state index in [2.05, 4.69) is 18.9 Å². The van der Waals surface area contributed by atoms with E-state index in [0.29, 0.717) is 0 Å². The highest BCUT2D eigenvalue weighted by atomic mass is 15.1. The lowest BCUT2D eigenvalue weighted by Crippen LogP contribution is -2.50. The van der Waals surface area contributed by atoms with Gasteiger partial charge in [-0.1, -0.05) is 13.3 Å². The number of likely N-dealkylation sites (tertiary alicyclic amines) is 1. The second-order valence-corrected chi connectivity index (χ2v) is 4.64. The number of hydrogen-bond acceptors (Lipinski definition) is 1. The highest BCUT2D eigenvalue weighted by molar-refractivity contribution is 4.96. The minimum atomic E-state index is 0.757. The third-order valence-electron chi connectivity index (χ3n) is 3.92. The molecule has 2 rings (SSSR count). The van der Waals surface area contributed by atoms with E-state index in [1.54, 1.807) is 0 Å². The summed E-state index contributed by atoms with van der Waals surface area (Å²) in [7, 11) is 2.27. The Morgan fingerprint density at radius 2 is 2.09 bits per heavy atom. The third-order valence-corrected chi connectivity index (χ3v) is 3.92. The van der Waals surface area contributed by atoms with Gasteiger partial charge in [0.05, 0.1) is 0 Å². The van der Waals surface area contributed by atoms with Crippen LogP contribution in [0.4, 0.5) is 0 Å². The Morgan fingerprint density at radius 3 is 2.55 bits per heavy atom. The zero-order valence-electron chi connectivity index (χ0n) is 7.77. The average Bonchev–Trinajstić information content (AvgIpc) is 1.91. The monoisotopic (exact) mass is 153 g/mol. The van der Waals surface area contributed by atoms with Gasteiger partial charge >= 0.3 is 0 Å². The second kappa shape index (κ2) is 2.48. The maximum atomic E-state index is 2.51. The molecule has 1 spiro atoms. The van der Waals surface area contributed by atoms with E-state index in [-0.39, 0.29) is 0 Å². The zero-order valence-corrected chi connectivity index (χ0v) is 7.77. The molecule has 1 aliphatic carbocycles. The molecule has 11 heavy (non-hydrogen) atoms. The number of hydrogen-bond donors (Lipinski definition) is 0. The van der Waals surface area contributed by atoms with Crippen molar-refractivity contribution in [1.29, 1.82) is 0 Å². The molecule has 1 heteroatoms. The van der Waals surface area contributed by atoms with Gasteiger partial charge < -0.3 is 4.90 Å². The van der Waals surface area contributed by atoms with Gasteiger partial charge in [0.1, 0.15) is 0 Å². The van der Waals surface area contributed by atoms with Crippen LogP contribution in [0.1, 0.15) is 32.6 Å². The van der Waals surface area contributed by atoms with E-state index in [9.17, 15) is 0 Å². The van der Waals surface area contributed by atoms with Gasteiger partial charge in [-0.2, -0.15) is 0 Å². The normalized spacial score (nSPS) is 37.1. The summed E-state index contributed by atoms with van der Waals surface area (Å²) in [4.78, 5) is 2.51. The molecule has 0 aromatic rings. The van der Waals surface area contributed by atoms with Crippen molar-refractivity contribution in [2.45, 2.75) is 32.6 Å². The van der Waals surface area contributed by atoms with E-state index in [1.807, 2.05) is 0 Å². The zero-order chi connectivity index (χ0) is 7.90. The number of rotatable bonds is 0. The fourth-order valence-electron chi connectivity index (χ4n) is 2.77. The van der Waals surface area contributed by atoms with Crippen LogP contribution in [0.5, 0.6) is 0 Å². The van der Waals surface area contributed by atoms with Crippen LogP contribution in [-0.4, -0.2) is 25.0 Å². The summed E-state index contributed by atoms with van der Waals surface area (Å²) in [5.41, 5.74) is 0.757. The molecule has 1 saturated carbocycles. The quantitative estimate of drug-likeness (QED) is 0.515. The molecule has 0 unspecified atom stereocenters. The smallest absolute Gasteiger partial charge is 0.00375 e. The molecule has 0 N–H and O–H groups in total. The lowest BCUT2D eigenvalue weighted by molar-refractivity contribution is -0.0186. The van der Waals surface area contributed by atoms with Crippen molar-refractivity contribution in [2.24, 2.45) is 11.3 Å². The second-order valence-electron chi connectivity index (χ2n) is 4.64. The number of nitrogens with zero attached hydrogens (tertiary/aromatic N) is 1. The van der Waals surface area contributed by atoms with Crippen LogP contribution in [0.25, 0.3) is 0 Å². The van der Waals surface area contributed by atoms with Crippen LogP contribution < -0.4 is 0 Å². The van der Waals surface area contributed by atoms with Gasteiger partial charge in [-0.3, -0.25) is 0 Å². The molecule has 1 heterocycles. The van der Waals surface area contributed by atoms with Gasteiger partial charge in [0.25, 0.3) is 0 Å². The highest BCUT2D eigenvalue weighted by Gasteiger charge is 2.44. The summed E-state index contributed by atoms with van der Waals surface area (Å²) < 4.78 is 0. The first kappa shape index (κ1) is 7.60. The minimum Gasteiger partial charge on any atom is -0.306 e. The first-order valence-corrected chi connectivity index (χ1v) is 4.91. The SMILES string of the molecule is C[C@H]1CCN(C)CC12CCC2. The predicted molar refractivity (Wildman–Crippen MR) is 47.6 cm³/mol. The van der Waals surface area contributed by atoms with Crippen molar-refractivity contribution in [3.8, 4) is 0 Å². The molecule has 2 aliphatic rings. The van der Waals surface area contributed by atoms with Crippen LogP contribution in [0.2, 0.25) is 0 Å². The Bertz CT molecular complexity index is 149. The van der Waals surface area contributed by atoms with Crippen LogP contribution in [0.3, 0.4) is 0 Å². The van der Waals surface area contributed by atoms with E-state index in [4.69, 9.17) is 0 Å². The summed E-state index contributed by atoms with van der Waals surface area (Å²) in [5, 5.41) is 0. The van der Waals surface area contributed by atoms with Crippen LogP contribution in [-0.2, 0) is 0 Å². The standard InChI is InChI=1S/C10H19N/c1-9-4-7-11(2)8-10(9)5-3-6-10/h9H,3-8H2,1-2H3/t9-/m0/s1. The van der Waals surface area contributed by atoms with Crippen molar-refractivity contribution in [2.75, 3.05) is 20.1 Å². The third kappa shape index (κ3) is 1.10. The van der Waals surface area contributed by atoms with Crippen LogP contribution in [0.15, 0.2) is 0 Å². The van der Waals surface area contributed by atoms with Crippen LogP contribution >= 0.6 is 0 Å². The summed E-state index contributed by atoms with van der Waals surface area (Å²) in [6.07, 6.45) is 5.91. The van der Waals surface area contributed by atoms with Gasteiger partial charge in [-0.15, -0.1) is 0 Å². The Balaban J connectivity index is 2.04. The van der Waals surface area contributed by atoms with E-state index in [1.165, 1.54) is 38.8 Å². The maximum Gasteiger partial charge on any atom is 0.00375 e. The minimum absolute atomic E-state index is 0.757. The summed E-state index contributed by atoms with van der Waals surface area (Å²) in [6, 6.07) is 0. The Kier molecular flexibility index (Phi) is 1.71. The lowest BCUT2D eigenvalue weighted by atomic mass is 9.59. The van der Waals surface area contributed by atoms with Crippen molar-refractivity contribution in [1.82, 2.24) is 4.90 Å². The Morgan fingerprint density at radius 1 is 1.36 bits per heavy atom. The van der Waals surface area contributed by atoms with Gasteiger partial charge in [0, 0.05) is 6.54 Å². The van der Waals surface area contributed by atoms with Gasteiger partial charge in [-0.05, 0) is 44.2 Å². The first-order chi connectivity index (χ1) is 5.23. The fourth-order valence-corrected chi connectivity index (χ4v) is 2.77. The predicted octanol–water partition coefficient (Wildman–Crippen LogP) is 2.13. The van der Waals surface area contributed by atoms with Crippen molar-refractivity contribution in [3.05, 3.63) is 0 Å². The average molecular weight is 153 g/mol. The molecule has 0 aromatic carbocycles. The molecule has 0 bridgehead atoms. The van der Waals surface area contributed by atoms with Gasteiger partial charge in [0.2, 0.25) is 0 Å². The largest absolute Gasteiger partial charge is 0.306 e. The fraction of sp³-hybridized carbons (Fsp3) is 1.00. The van der Waals surface area contributed by atoms with Crippen molar-refractivity contribution >= 4 is 0 Å². The van der Waals surface area contributed by atoms with E-state index in [0.717, 1.165) is 11.3 Å². The Hall–Kier alpha value is -0.0400. The summed E-state index contributed by atoms with van der Waals surface area (Å²) in [5.74, 6) is 0.993. The molecular weight excluding hydrogens is 134 g/mol. The molecule has 1 saturated heterocycles. The van der Waals surface area contributed by atoms with Crippen LogP contribution in [0, 0.1) is 11.3 Å². The molecule has 0 radical (unpaired) electrons. The van der Waals surface area contributed by atoms with Crippen molar-refractivity contribution < 1.29 is 0 Å². The lowest BCUT2D eigenvalue weighted by Gasteiger charge is -2.52.